The van der Waals surface area contributed by atoms with Crippen molar-refractivity contribution in [2.45, 2.75) is 32.1 Å². The summed E-state index contributed by atoms with van der Waals surface area (Å²) in [5.74, 6) is 2.17. The van der Waals surface area contributed by atoms with Crippen molar-refractivity contribution in [1.29, 1.82) is 0 Å². The molecule has 1 aliphatic rings. The van der Waals surface area contributed by atoms with Gasteiger partial charge in [-0.2, -0.15) is 0 Å². The standard InChI is InChI=1S/C16H20BrClO/c1-19-16-8-7-12(10-15(16)17)9-14(11-18)13-5-3-2-4-6-13/h7-10,13H,2-6,11H2,1H3. The first kappa shape index (κ1) is 14.9. The molecule has 1 aliphatic carbocycles. The number of hydrogen-bond donors (Lipinski definition) is 0. The SMILES string of the molecule is COc1ccc(C=C(CCl)C2CCCCC2)cc1Br. The number of methoxy groups -OCH3 is 1. The van der Waals surface area contributed by atoms with Crippen LogP contribution in [0.15, 0.2) is 28.2 Å². The van der Waals surface area contributed by atoms with Crippen LogP contribution in [-0.4, -0.2) is 13.0 Å². The highest BCUT2D eigenvalue weighted by atomic mass is 79.9. The molecule has 0 radical (unpaired) electrons. The summed E-state index contributed by atoms with van der Waals surface area (Å²) < 4.78 is 6.24. The molecule has 1 fully saturated rings. The fourth-order valence-corrected chi connectivity index (χ4v) is 3.58. The van der Waals surface area contributed by atoms with Gasteiger partial charge >= 0.3 is 0 Å². The van der Waals surface area contributed by atoms with Gasteiger partial charge in [0.25, 0.3) is 0 Å². The van der Waals surface area contributed by atoms with Gasteiger partial charge in [0.05, 0.1) is 11.6 Å². The van der Waals surface area contributed by atoms with Crippen LogP contribution >= 0.6 is 27.5 Å². The Balaban J connectivity index is 2.19. The van der Waals surface area contributed by atoms with Crippen LogP contribution < -0.4 is 4.74 Å². The minimum absolute atomic E-state index is 0.633. The Morgan fingerprint density at radius 2 is 2.11 bits per heavy atom. The van der Waals surface area contributed by atoms with Gasteiger partial charge in [0, 0.05) is 5.88 Å². The maximum atomic E-state index is 6.14. The number of halogens is 2. The first-order valence-electron chi connectivity index (χ1n) is 6.84. The lowest BCUT2D eigenvalue weighted by molar-refractivity contribution is 0.405. The Morgan fingerprint density at radius 3 is 2.68 bits per heavy atom. The molecule has 1 aromatic rings. The van der Waals surface area contributed by atoms with Gasteiger partial charge in [0.2, 0.25) is 0 Å². The van der Waals surface area contributed by atoms with E-state index in [2.05, 4.69) is 34.1 Å². The largest absolute Gasteiger partial charge is 0.496 e. The highest BCUT2D eigenvalue weighted by molar-refractivity contribution is 9.10. The Bertz CT molecular complexity index is 450. The fraction of sp³-hybridized carbons (Fsp3) is 0.500. The third-order valence-corrected chi connectivity index (χ3v) is 4.74. The van der Waals surface area contributed by atoms with E-state index in [-0.39, 0.29) is 0 Å². The first-order valence-corrected chi connectivity index (χ1v) is 8.17. The predicted octanol–water partition coefficient (Wildman–Crippen LogP) is 5.66. The number of allylic oxidation sites excluding steroid dienone is 1. The monoisotopic (exact) mass is 342 g/mol. The first-order chi connectivity index (χ1) is 9.24. The van der Waals surface area contributed by atoms with E-state index >= 15 is 0 Å². The van der Waals surface area contributed by atoms with E-state index in [1.807, 2.05) is 6.07 Å². The molecular weight excluding hydrogens is 324 g/mol. The van der Waals surface area contributed by atoms with E-state index < -0.39 is 0 Å². The van der Waals surface area contributed by atoms with Crippen molar-refractivity contribution in [2.75, 3.05) is 13.0 Å². The van der Waals surface area contributed by atoms with Gasteiger partial charge in [-0.15, -0.1) is 11.6 Å². The molecule has 104 valence electrons. The Hall–Kier alpha value is -0.470. The number of rotatable bonds is 4. The second-order valence-corrected chi connectivity index (χ2v) is 6.20. The van der Waals surface area contributed by atoms with Crippen LogP contribution in [0.1, 0.15) is 37.7 Å². The molecule has 0 heterocycles. The molecule has 0 unspecified atom stereocenters. The van der Waals surface area contributed by atoms with Gasteiger partial charge < -0.3 is 4.74 Å². The molecule has 0 spiro atoms. The third-order valence-electron chi connectivity index (χ3n) is 3.81. The van der Waals surface area contributed by atoms with Crippen LogP contribution in [0.4, 0.5) is 0 Å². The smallest absolute Gasteiger partial charge is 0.133 e. The van der Waals surface area contributed by atoms with Crippen LogP contribution in [0.3, 0.4) is 0 Å². The van der Waals surface area contributed by atoms with Gasteiger partial charge in [0.1, 0.15) is 5.75 Å². The summed E-state index contributed by atoms with van der Waals surface area (Å²) in [5, 5.41) is 0. The molecule has 0 amide bonds. The summed E-state index contributed by atoms with van der Waals surface area (Å²) in [6.45, 7) is 0. The minimum atomic E-state index is 0.633. The topological polar surface area (TPSA) is 9.23 Å². The highest BCUT2D eigenvalue weighted by Gasteiger charge is 2.17. The molecule has 3 heteroatoms. The van der Waals surface area contributed by atoms with Crippen molar-refractivity contribution in [2.24, 2.45) is 5.92 Å². The van der Waals surface area contributed by atoms with Crippen molar-refractivity contribution >= 4 is 33.6 Å². The molecule has 0 aliphatic heterocycles. The molecule has 1 saturated carbocycles. The Labute approximate surface area is 129 Å². The fourth-order valence-electron chi connectivity index (χ4n) is 2.73. The van der Waals surface area contributed by atoms with E-state index in [9.17, 15) is 0 Å². The van der Waals surface area contributed by atoms with Gasteiger partial charge in [0.15, 0.2) is 0 Å². The van der Waals surface area contributed by atoms with Crippen LogP contribution in [0.5, 0.6) is 5.75 Å². The lowest BCUT2D eigenvalue weighted by Crippen LogP contribution is -2.10. The van der Waals surface area contributed by atoms with Crippen molar-refractivity contribution in [3.63, 3.8) is 0 Å². The zero-order valence-corrected chi connectivity index (χ0v) is 13.6. The number of alkyl halides is 1. The van der Waals surface area contributed by atoms with Crippen LogP contribution in [0.25, 0.3) is 6.08 Å². The molecule has 19 heavy (non-hydrogen) atoms. The summed E-state index contributed by atoms with van der Waals surface area (Å²) in [5.41, 5.74) is 2.56. The van der Waals surface area contributed by atoms with E-state index in [1.165, 1.54) is 43.2 Å². The normalized spacial score (nSPS) is 17.5. The zero-order chi connectivity index (χ0) is 13.7. The van der Waals surface area contributed by atoms with Crippen LogP contribution in [0.2, 0.25) is 0 Å². The zero-order valence-electron chi connectivity index (χ0n) is 11.3. The average molecular weight is 344 g/mol. The molecule has 2 rings (SSSR count). The maximum absolute atomic E-state index is 6.14. The van der Waals surface area contributed by atoms with Gasteiger partial charge in [-0.25, -0.2) is 0 Å². The molecule has 1 nitrogen and oxygen atoms in total. The molecular formula is C16H20BrClO. The highest BCUT2D eigenvalue weighted by Crippen LogP contribution is 2.32. The molecule has 0 aromatic heterocycles. The molecule has 1 aromatic carbocycles. The number of ether oxygens (including phenoxy) is 1. The quantitative estimate of drug-likeness (QED) is 0.641. The van der Waals surface area contributed by atoms with Gasteiger partial charge in [-0.1, -0.05) is 37.0 Å². The van der Waals surface area contributed by atoms with E-state index in [0.717, 1.165) is 10.2 Å². The second-order valence-electron chi connectivity index (χ2n) is 5.08. The Kier molecular flexibility index (Phi) is 5.77. The summed E-state index contributed by atoms with van der Waals surface area (Å²) in [7, 11) is 1.68. The third kappa shape index (κ3) is 4.00. The summed E-state index contributed by atoms with van der Waals surface area (Å²) >= 11 is 9.67. The summed E-state index contributed by atoms with van der Waals surface area (Å²) in [4.78, 5) is 0. The van der Waals surface area contributed by atoms with Gasteiger partial charge in [-0.05, 0) is 52.4 Å². The molecule has 0 atom stereocenters. The molecule has 0 bridgehead atoms. The van der Waals surface area contributed by atoms with Crippen molar-refractivity contribution < 1.29 is 4.74 Å². The van der Waals surface area contributed by atoms with Crippen molar-refractivity contribution in [1.82, 2.24) is 0 Å². The summed E-state index contributed by atoms with van der Waals surface area (Å²) in [6, 6.07) is 6.16. The lowest BCUT2D eigenvalue weighted by atomic mass is 9.84. The van der Waals surface area contributed by atoms with E-state index in [4.69, 9.17) is 16.3 Å². The predicted molar refractivity (Wildman–Crippen MR) is 86.0 cm³/mol. The summed E-state index contributed by atoms with van der Waals surface area (Å²) in [6.07, 6.45) is 8.87. The van der Waals surface area contributed by atoms with E-state index in [1.54, 1.807) is 7.11 Å². The molecule has 0 N–H and O–H groups in total. The average Bonchev–Trinajstić information content (AvgIpc) is 2.46. The van der Waals surface area contributed by atoms with Crippen molar-refractivity contribution in [3.8, 4) is 5.75 Å². The second kappa shape index (κ2) is 7.35. The molecule has 0 saturated heterocycles. The maximum Gasteiger partial charge on any atom is 0.133 e. The number of hydrogen-bond acceptors (Lipinski definition) is 1. The minimum Gasteiger partial charge on any atom is -0.496 e. The lowest BCUT2D eigenvalue weighted by Gasteiger charge is -2.23. The number of benzene rings is 1. The van der Waals surface area contributed by atoms with Gasteiger partial charge in [-0.3, -0.25) is 0 Å². The van der Waals surface area contributed by atoms with Crippen LogP contribution in [0, 0.1) is 5.92 Å². The Morgan fingerprint density at radius 1 is 1.37 bits per heavy atom. The van der Waals surface area contributed by atoms with Crippen LogP contribution in [-0.2, 0) is 0 Å². The van der Waals surface area contributed by atoms with Crippen molar-refractivity contribution in [3.05, 3.63) is 33.8 Å². The van der Waals surface area contributed by atoms with E-state index in [0.29, 0.717) is 11.8 Å².